The van der Waals surface area contributed by atoms with Gasteiger partial charge in [-0.25, -0.2) is 13.6 Å². The van der Waals surface area contributed by atoms with Crippen LogP contribution in [0.3, 0.4) is 0 Å². The third-order valence-electron chi connectivity index (χ3n) is 4.23. The number of nitrogens with one attached hydrogen (secondary N) is 1. The molecule has 24 heavy (non-hydrogen) atoms. The molecule has 2 saturated heterocycles. The van der Waals surface area contributed by atoms with Gasteiger partial charge in [0.25, 0.3) is 0 Å². The standard InChI is InChI=1S/C15H19F2N4O2.Ac/c1-19-2-4-20(5-3-19)14-12(16)6-10(7-13(14)17)21-9-11(8-18)23-15(21)22;/h6-7,11,18H,2-5,8-9H2,1H3;/q-1;. The predicted octanol–water partition coefficient (Wildman–Crippen LogP) is 2.09. The average Bonchev–Trinajstić information content (AvgIpc) is 2.89. The third kappa shape index (κ3) is 4.01. The maximum atomic E-state index is 14.4. The van der Waals surface area contributed by atoms with Crippen LogP contribution in [0.4, 0.5) is 25.0 Å². The van der Waals surface area contributed by atoms with Crippen LogP contribution in [0.25, 0.3) is 5.73 Å². The number of carbonyl (C=O) groups is 1. The number of carbonyl (C=O) groups excluding carboxylic acids is 1. The van der Waals surface area contributed by atoms with Crippen molar-refractivity contribution in [3.8, 4) is 0 Å². The van der Waals surface area contributed by atoms with Gasteiger partial charge in [0.15, 0.2) is 11.6 Å². The van der Waals surface area contributed by atoms with Crippen LogP contribution in [-0.2, 0) is 4.74 Å². The van der Waals surface area contributed by atoms with Gasteiger partial charge in [-0.3, -0.25) is 4.90 Å². The molecule has 1 N–H and O–H groups in total. The molecule has 129 valence electrons. The first-order valence-corrected chi connectivity index (χ1v) is 7.55. The van der Waals surface area contributed by atoms with E-state index < -0.39 is 23.8 Å². The number of benzene rings is 1. The van der Waals surface area contributed by atoms with Crippen molar-refractivity contribution in [3.63, 3.8) is 0 Å². The van der Waals surface area contributed by atoms with E-state index in [0.717, 1.165) is 25.2 Å². The average molecular weight is 552 g/mol. The number of nitrogens with zero attached hydrogens (tertiary/aromatic N) is 3. The number of hydrogen-bond donors (Lipinski definition) is 0. The molecule has 6 nitrogen and oxygen atoms in total. The van der Waals surface area contributed by atoms with Gasteiger partial charge in [-0.05, 0) is 7.05 Å². The molecule has 0 saturated carbocycles. The fourth-order valence-electron chi connectivity index (χ4n) is 2.88. The zero-order chi connectivity index (χ0) is 16.6. The summed E-state index contributed by atoms with van der Waals surface area (Å²) in [6.07, 6.45) is -1.24. The number of halogens is 2. The van der Waals surface area contributed by atoms with E-state index in [9.17, 15) is 13.6 Å². The zero-order valence-corrected chi connectivity index (χ0v) is 18.2. The normalized spacial score (nSPS) is 21.7. The first kappa shape index (κ1) is 19.8. The van der Waals surface area contributed by atoms with E-state index in [-0.39, 0.29) is 68.5 Å². The van der Waals surface area contributed by atoms with Gasteiger partial charge < -0.3 is 20.3 Å². The largest absolute Gasteiger partial charge is 0.674 e. The van der Waals surface area contributed by atoms with Gasteiger partial charge in [0.2, 0.25) is 0 Å². The number of amides is 1. The summed E-state index contributed by atoms with van der Waals surface area (Å²) in [5.74, 6) is -1.38. The number of piperazine rings is 1. The molecule has 1 amide bonds. The monoisotopic (exact) mass is 552 g/mol. The molecule has 0 bridgehead atoms. The second-order valence-corrected chi connectivity index (χ2v) is 5.87. The molecule has 2 aliphatic heterocycles. The molecular weight excluding hydrogens is 533 g/mol. The van der Waals surface area contributed by atoms with Crippen molar-refractivity contribution in [2.24, 2.45) is 0 Å². The van der Waals surface area contributed by atoms with Gasteiger partial charge in [-0.2, -0.15) is 0 Å². The fourth-order valence-corrected chi connectivity index (χ4v) is 2.88. The number of cyclic esters (lactones) is 1. The van der Waals surface area contributed by atoms with E-state index in [1.165, 1.54) is 4.90 Å². The Morgan fingerprint density at radius 1 is 1.21 bits per heavy atom. The molecule has 1 unspecified atom stereocenters. The first-order valence-electron chi connectivity index (χ1n) is 7.55. The maximum absolute atomic E-state index is 14.4. The molecule has 0 aromatic heterocycles. The van der Waals surface area contributed by atoms with Crippen LogP contribution in [0, 0.1) is 55.7 Å². The van der Waals surface area contributed by atoms with Gasteiger partial charge in [0, 0.05) is 82.4 Å². The Morgan fingerprint density at radius 3 is 2.29 bits per heavy atom. The Morgan fingerprint density at radius 2 is 1.79 bits per heavy atom. The minimum atomic E-state index is -0.688. The molecule has 0 spiro atoms. The SMILES string of the molecule is CN1CCN(c2c(F)cc(N3CC(C[NH-])OC3=O)cc2F)CC1.[Ac]. The number of ether oxygens (including phenoxy) is 1. The number of likely N-dealkylation sites (N-methyl/N-ethyl adjacent to an activating group) is 1. The Labute approximate surface area is 175 Å². The first-order chi connectivity index (χ1) is 11.0. The Balaban J connectivity index is 0.00000208. The summed E-state index contributed by atoms with van der Waals surface area (Å²) < 4.78 is 33.8. The van der Waals surface area contributed by atoms with Gasteiger partial charge in [0.1, 0.15) is 11.8 Å². The molecule has 1 aromatic carbocycles. The van der Waals surface area contributed by atoms with E-state index in [1.54, 1.807) is 4.90 Å². The molecule has 1 radical (unpaired) electrons. The van der Waals surface area contributed by atoms with Crippen molar-refractivity contribution in [1.82, 2.24) is 4.90 Å². The molecular formula is C15H19AcF2N4O2-. The van der Waals surface area contributed by atoms with Gasteiger partial charge in [0.05, 0.1) is 12.2 Å². The van der Waals surface area contributed by atoms with Crippen molar-refractivity contribution in [3.05, 3.63) is 29.5 Å². The quantitative estimate of drug-likeness (QED) is 0.577. The molecule has 0 aliphatic carbocycles. The molecule has 3 rings (SSSR count). The van der Waals surface area contributed by atoms with Crippen LogP contribution < -0.4 is 9.80 Å². The smallest absolute Gasteiger partial charge is 0.414 e. The van der Waals surface area contributed by atoms with Crippen LogP contribution in [0.15, 0.2) is 12.1 Å². The Bertz CT molecular complexity index is 588. The van der Waals surface area contributed by atoms with Crippen LogP contribution >= 0.6 is 0 Å². The van der Waals surface area contributed by atoms with Crippen LogP contribution in [0.5, 0.6) is 0 Å². The molecule has 1 atom stereocenters. The fraction of sp³-hybridized carbons (Fsp3) is 0.533. The van der Waals surface area contributed by atoms with E-state index in [4.69, 9.17) is 10.5 Å². The summed E-state index contributed by atoms with van der Waals surface area (Å²) >= 11 is 0. The molecule has 2 fully saturated rings. The summed E-state index contributed by atoms with van der Waals surface area (Å²) in [6, 6.07) is 2.31. The van der Waals surface area contributed by atoms with Crippen molar-refractivity contribution >= 4 is 17.5 Å². The number of rotatable bonds is 3. The second kappa shape index (κ2) is 8.26. The predicted molar refractivity (Wildman–Crippen MR) is 82.9 cm³/mol. The van der Waals surface area contributed by atoms with Crippen molar-refractivity contribution < 1.29 is 62.4 Å². The topological polar surface area (TPSA) is 59.8 Å². The Hall–Kier alpha value is -0.488. The van der Waals surface area contributed by atoms with Gasteiger partial charge in [-0.1, -0.05) is 0 Å². The van der Waals surface area contributed by atoms with Crippen molar-refractivity contribution in [2.75, 3.05) is 56.1 Å². The molecule has 2 aliphatic rings. The molecule has 2 heterocycles. The van der Waals surface area contributed by atoms with E-state index >= 15 is 0 Å². The van der Waals surface area contributed by atoms with Crippen molar-refractivity contribution in [1.29, 1.82) is 0 Å². The third-order valence-corrected chi connectivity index (χ3v) is 4.23. The zero-order valence-electron chi connectivity index (χ0n) is 13.5. The van der Waals surface area contributed by atoms with E-state index in [0.29, 0.717) is 13.1 Å². The number of anilines is 2. The molecule has 9 heteroatoms. The summed E-state index contributed by atoms with van der Waals surface area (Å²) in [6.45, 7) is 2.64. The summed E-state index contributed by atoms with van der Waals surface area (Å²) in [7, 11) is 1.97. The van der Waals surface area contributed by atoms with Crippen molar-refractivity contribution in [2.45, 2.75) is 6.10 Å². The van der Waals surface area contributed by atoms with Crippen LogP contribution in [0.1, 0.15) is 0 Å². The maximum Gasteiger partial charge on any atom is 0.414 e. The minimum absolute atomic E-state index is 0. The van der Waals surface area contributed by atoms with E-state index in [2.05, 4.69) is 4.90 Å². The molecule has 1 aromatic rings. The van der Waals surface area contributed by atoms with Crippen LogP contribution in [-0.4, -0.2) is 63.4 Å². The Kier molecular flexibility index (Phi) is 6.83. The van der Waals surface area contributed by atoms with Gasteiger partial charge in [-0.15, -0.1) is 6.54 Å². The minimum Gasteiger partial charge on any atom is -0.674 e. The van der Waals surface area contributed by atoms with Crippen LogP contribution in [0.2, 0.25) is 0 Å². The van der Waals surface area contributed by atoms with E-state index in [1.807, 2.05) is 7.05 Å². The van der Waals surface area contributed by atoms with Gasteiger partial charge >= 0.3 is 6.09 Å². The number of hydrogen-bond acceptors (Lipinski definition) is 4. The summed E-state index contributed by atoms with van der Waals surface area (Å²) in [5, 5.41) is 0. The summed E-state index contributed by atoms with van der Waals surface area (Å²) in [5.41, 5.74) is 7.32. The second-order valence-electron chi connectivity index (χ2n) is 5.87. The summed E-state index contributed by atoms with van der Waals surface area (Å²) in [4.78, 5) is 16.7.